The van der Waals surface area contributed by atoms with Crippen molar-refractivity contribution in [2.75, 3.05) is 53.0 Å². The predicted octanol–water partition coefficient (Wildman–Crippen LogP) is 1.29. The van der Waals surface area contributed by atoms with Gasteiger partial charge in [0.1, 0.15) is 0 Å². The summed E-state index contributed by atoms with van der Waals surface area (Å²) >= 11 is 0. The summed E-state index contributed by atoms with van der Waals surface area (Å²) in [5, 5.41) is 12.4. The summed E-state index contributed by atoms with van der Waals surface area (Å²) in [6, 6.07) is 9.89. The van der Waals surface area contributed by atoms with Crippen LogP contribution in [0.2, 0.25) is 0 Å². The molecule has 0 saturated carbocycles. The first-order chi connectivity index (χ1) is 12.3. The molecule has 1 unspecified atom stereocenters. The number of morpholine rings is 1. The Morgan fingerprint density at radius 1 is 1.36 bits per heavy atom. The van der Waals surface area contributed by atoms with E-state index in [0.29, 0.717) is 18.0 Å². The molecular formula is C19H27N5O. The van der Waals surface area contributed by atoms with Crippen LogP contribution < -0.4 is 5.32 Å². The maximum absolute atomic E-state index is 9.01. The number of nitrogens with zero attached hydrogens (tertiary/aromatic N) is 4. The number of hydrogen-bond acceptors (Lipinski definition) is 4. The second-order valence-corrected chi connectivity index (χ2v) is 6.73. The van der Waals surface area contributed by atoms with Crippen molar-refractivity contribution in [2.45, 2.75) is 13.0 Å². The fraction of sp³-hybridized carbons (Fsp3) is 0.579. The number of benzene rings is 1. The Labute approximate surface area is 150 Å². The maximum Gasteiger partial charge on any atom is 0.193 e. The molecule has 1 N–H and O–H groups in total. The molecule has 6 heteroatoms. The van der Waals surface area contributed by atoms with Gasteiger partial charge in [0.25, 0.3) is 0 Å². The Kier molecular flexibility index (Phi) is 6.26. The van der Waals surface area contributed by atoms with Crippen molar-refractivity contribution in [3.8, 4) is 6.07 Å². The summed E-state index contributed by atoms with van der Waals surface area (Å²) in [5.41, 5.74) is 1.80. The van der Waals surface area contributed by atoms with E-state index in [0.717, 1.165) is 57.5 Å². The van der Waals surface area contributed by atoms with Gasteiger partial charge in [-0.25, -0.2) is 0 Å². The standard InChI is InChI=1S/C19H27N5O/c1-21-19(22-13-17-4-2-3-16(11-17)12-20)24-6-5-18(15-24)14-23-7-9-25-10-8-23/h2-4,11,18H,5-10,13-15H2,1H3,(H,21,22). The highest BCUT2D eigenvalue weighted by molar-refractivity contribution is 5.80. The van der Waals surface area contributed by atoms with Crippen molar-refractivity contribution in [1.29, 1.82) is 5.26 Å². The molecule has 2 aliphatic heterocycles. The van der Waals surface area contributed by atoms with Crippen molar-refractivity contribution in [1.82, 2.24) is 15.1 Å². The normalized spacial score (nSPS) is 22.0. The zero-order chi connectivity index (χ0) is 17.5. The minimum absolute atomic E-state index is 0.687. The van der Waals surface area contributed by atoms with Crippen LogP contribution in [-0.4, -0.2) is 68.7 Å². The molecule has 0 spiro atoms. The van der Waals surface area contributed by atoms with Gasteiger partial charge in [-0.15, -0.1) is 0 Å². The molecule has 6 nitrogen and oxygen atoms in total. The quantitative estimate of drug-likeness (QED) is 0.660. The van der Waals surface area contributed by atoms with E-state index in [-0.39, 0.29) is 0 Å². The van der Waals surface area contributed by atoms with E-state index in [9.17, 15) is 0 Å². The Balaban J connectivity index is 1.49. The molecule has 1 aromatic carbocycles. The van der Waals surface area contributed by atoms with Gasteiger partial charge < -0.3 is 15.0 Å². The number of aliphatic imine (C=N–C) groups is 1. The van der Waals surface area contributed by atoms with E-state index in [1.165, 1.54) is 6.42 Å². The van der Waals surface area contributed by atoms with Crippen molar-refractivity contribution in [3.05, 3.63) is 35.4 Å². The lowest BCUT2D eigenvalue weighted by Gasteiger charge is -2.29. The minimum atomic E-state index is 0.687. The minimum Gasteiger partial charge on any atom is -0.379 e. The number of guanidine groups is 1. The van der Waals surface area contributed by atoms with E-state index in [4.69, 9.17) is 10.00 Å². The monoisotopic (exact) mass is 341 g/mol. The van der Waals surface area contributed by atoms with Crippen LogP contribution in [0.5, 0.6) is 0 Å². The summed E-state index contributed by atoms with van der Waals surface area (Å²) in [7, 11) is 1.84. The van der Waals surface area contributed by atoms with Crippen LogP contribution in [0.25, 0.3) is 0 Å². The molecule has 1 aromatic rings. The van der Waals surface area contributed by atoms with Crippen LogP contribution in [0.3, 0.4) is 0 Å². The number of hydrogen-bond donors (Lipinski definition) is 1. The largest absolute Gasteiger partial charge is 0.379 e. The number of ether oxygens (including phenoxy) is 1. The van der Waals surface area contributed by atoms with Crippen LogP contribution in [0.1, 0.15) is 17.5 Å². The number of nitriles is 1. The molecule has 2 heterocycles. The van der Waals surface area contributed by atoms with Crippen LogP contribution in [0, 0.1) is 17.2 Å². The Bertz CT molecular complexity index is 633. The lowest BCUT2D eigenvalue weighted by Crippen LogP contribution is -2.42. The molecule has 0 bridgehead atoms. The lowest BCUT2D eigenvalue weighted by molar-refractivity contribution is 0.0315. The molecule has 0 aliphatic carbocycles. The third-order valence-electron chi connectivity index (χ3n) is 4.92. The number of likely N-dealkylation sites (tertiary alicyclic amines) is 1. The zero-order valence-electron chi connectivity index (χ0n) is 14.9. The summed E-state index contributed by atoms with van der Waals surface area (Å²) < 4.78 is 5.43. The first-order valence-corrected chi connectivity index (χ1v) is 9.03. The molecule has 3 rings (SSSR count). The van der Waals surface area contributed by atoms with Gasteiger partial charge in [-0.2, -0.15) is 5.26 Å². The second kappa shape index (κ2) is 8.84. The second-order valence-electron chi connectivity index (χ2n) is 6.73. The smallest absolute Gasteiger partial charge is 0.193 e. The molecule has 2 fully saturated rings. The van der Waals surface area contributed by atoms with E-state index in [2.05, 4.69) is 26.2 Å². The SMILES string of the molecule is CN=C(NCc1cccc(C#N)c1)N1CCC(CN2CCOCC2)C1. The molecule has 0 aromatic heterocycles. The first kappa shape index (κ1) is 17.7. The van der Waals surface area contributed by atoms with Crippen molar-refractivity contribution in [3.63, 3.8) is 0 Å². The summed E-state index contributed by atoms with van der Waals surface area (Å²) in [5.74, 6) is 1.64. The van der Waals surface area contributed by atoms with E-state index < -0.39 is 0 Å². The molecule has 25 heavy (non-hydrogen) atoms. The van der Waals surface area contributed by atoms with Crippen molar-refractivity contribution >= 4 is 5.96 Å². The highest BCUT2D eigenvalue weighted by Gasteiger charge is 2.26. The third kappa shape index (κ3) is 4.94. The fourth-order valence-electron chi connectivity index (χ4n) is 3.59. The van der Waals surface area contributed by atoms with E-state index in [1.807, 2.05) is 31.3 Å². The number of nitrogens with one attached hydrogen (secondary N) is 1. The lowest BCUT2D eigenvalue weighted by atomic mass is 10.1. The van der Waals surface area contributed by atoms with Gasteiger partial charge >= 0.3 is 0 Å². The van der Waals surface area contributed by atoms with Crippen molar-refractivity contribution in [2.24, 2.45) is 10.9 Å². The summed E-state index contributed by atoms with van der Waals surface area (Å²) in [6.07, 6.45) is 1.21. The van der Waals surface area contributed by atoms with Gasteiger partial charge in [-0.05, 0) is 30.0 Å². The average molecular weight is 341 g/mol. The van der Waals surface area contributed by atoms with Gasteiger partial charge in [-0.3, -0.25) is 9.89 Å². The van der Waals surface area contributed by atoms with Crippen LogP contribution in [-0.2, 0) is 11.3 Å². The predicted molar refractivity (Wildman–Crippen MR) is 98.3 cm³/mol. The Morgan fingerprint density at radius 3 is 2.96 bits per heavy atom. The molecular weight excluding hydrogens is 314 g/mol. The summed E-state index contributed by atoms with van der Waals surface area (Å²) in [4.78, 5) is 9.30. The maximum atomic E-state index is 9.01. The fourth-order valence-corrected chi connectivity index (χ4v) is 3.59. The number of rotatable bonds is 4. The topological polar surface area (TPSA) is 63.9 Å². The molecule has 0 amide bonds. The molecule has 0 radical (unpaired) electrons. The zero-order valence-corrected chi connectivity index (χ0v) is 14.9. The molecule has 2 aliphatic rings. The third-order valence-corrected chi connectivity index (χ3v) is 4.92. The highest BCUT2D eigenvalue weighted by atomic mass is 16.5. The Hall–Kier alpha value is -2.10. The Morgan fingerprint density at radius 2 is 2.20 bits per heavy atom. The first-order valence-electron chi connectivity index (χ1n) is 9.03. The van der Waals surface area contributed by atoms with E-state index in [1.54, 1.807) is 0 Å². The molecule has 1 atom stereocenters. The van der Waals surface area contributed by atoms with Gasteiger partial charge in [0.2, 0.25) is 0 Å². The molecule has 2 saturated heterocycles. The van der Waals surface area contributed by atoms with Gasteiger partial charge in [0, 0.05) is 46.3 Å². The van der Waals surface area contributed by atoms with E-state index >= 15 is 0 Å². The average Bonchev–Trinajstić information content (AvgIpc) is 3.11. The van der Waals surface area contributed by atoms with Crippen LogP contribution >= 0.6 is 0 Å². The van der Waals surface area contributed by atoms with Gasteiger partial charge in [0.15, 0.2) is 5.96 Å². The van der Waals surface area contributed by atoms with Gasteiger partial charge in [-0.1, -0.05) is 12.1 Å². The van der Waals surface area contributed by atoms with Crippen LogP contribution in [0.4, 0.5) is 0 Å². The van der Waals surface area contributed by atoms with Gasteiger partial charge in [0.05, 0.1) is 24.8 Å². The van der Waals surface area contributed by atoms with Crippen LogP contribution in [0.15, 0.2) is 29.3 Å². The van der Waals surface area contributed by atoms with Crippen molar-refractivity contribution < 1.29 is 4.74 Å². The molecule has 134 valence electrons. The summed E-state index contributed by atoms with van der Waals surface area (Å²) in [6.45, 7) is 7.77. The highest BCUT2D eigenvalue weighted by Crippen LogP contribution is 2.18.